The highest BCUT2D eigenvalue weighted by molar-refractivity contribution is 5.96. The molecule has 0 spiro atoms. The summed E-state index contributed by atoms with van der Waals surface area (Å²) in [6, 6.07) is 18.0. The molecule has 0 aromatic heterocycles. The highest BCUT2D eigenvalue weighted by atomic mass is 16.2. The number of para-hydroxylation sites is 2. The zero-order valence-electron chi connectivity index (χ0n) is 18.7. The predicted molar refractivity (Wildman–Crippen MR) is 131 cm³/mol. The highest BCUT2D eigenvalue weighted by Gasteiger charge is 2.27. The number of carbonyl (C=O) groups excluding carboxylic acids is 2. The van der Waals surface area contributed by atoms with Gasteiger partial charge in [-0.05, 0) is 49.5 Å². The minimum Gasteiger partial charge on any atom is -0.370 e. The van der Waals surface area contributed by atoms with Crippen molar-refractivity contribution in [1.29, 1.82) is 0 Å². The molecule has 32 heavy (non-hydrogen) atoms. The first-order chi connectivity index (χ1) is 15.7. The molecule has 0 aliphatic carbocycles. The molecule has 2 aromatic carbocycles. The fourth-order valence-corrected chi connectivity index (χ4v) is 4.60. The van der Waals surface area contributed by atoms with Crippen LogP contribution in [0.5, 0.6) is 0 Å². The van der Waals surface area contributed by atoms with Crippen LogP contribution in [-0.4, -0.2) is 42.9 Å². The lowest BCUT2D eigenvalue weighted by atomic mass is 9.95. The number of carbonyl (C=O) groups is 2. The van der Waals surface area contributed by atoms with Crippen LogP contribution in [0.3, 0.4) is 0 Å². The van der Waals surface area contributed by atoms with Crippen LogP contribution >= 0.6 is 0 Å². The normalized spacial score (nSPS) is 17.9. The summed E-state index contributed by atoms with van der Waals surface area (Å²) in [5.74, 6) is 0.0211. The summed E-state index contributed by atoms with van der Waals surface area (Å²) in [4.78, 5) is 29.8. The van der Waals surface area contributed by atoms with E-state index >= 15 is 0 Å². The van der Waals surface area contributed by atoms with Gasteiger partial charge in [-0.3, -0.25) is 9.59 Å². The molecule has 2 heterocycles. The van der Waals surface area contributed by atoms with Crippen LogP contribution in [0.2, 0.25) is 0 Å². The summed E-state index contributed by atoms with van der Waals surface area (Å²) >= 11 is 0. The van der Waals surface area contributed by atoms with Crippen LogP contribution < -0.4 is 10.2 Å². The van der Waals surface area contributed by atoms with Crippen molar-refractivity contribution in [3.8, 4) is 0 Å². The molecule has 4 rings (SSSR count). The first-order valence-electron chi connectivity index (χ1n) is 11.9. The molecule has 2 amide bonds. The zero-order valence-corrected chi connectivity index (χ0v) is 18.7. The summed E-state index contributed by atoms with van der Waals surface area (Å²) in [5, 5.41) is 3.19. The molecule has 168 valence electrons. The number of amides is 2. The van der Waals surface area contributed by atoms with Gasteiger partial charge in [-0.25, -0.2) is 0 Å². The molecule has 2 saturated heterocycles. The molecule has 0 saturated carbocycles. The Morgan fingerprint density at radius 1 is 0.812 bits per heavy atom. The van der Waals surface area contributed by atoms with Crippen molar-refractivity contribution in [1.82, 2.24) is 4.90 Å². The Bertz CT molecular complexity index is 925. The van der Waals surface area contributed by atoms with E-state index in [1.54, 1.807) is 6.08 Å². The molecule has 0 radical (unpaired) electrons. The van der Waals surface area contributed by atoms with Gasteiger partial charge in [0.2, 0.25) is 11.8 Å². The lowest BCUT2D eigenvalue weighted by molar-refractivity contribution is -0.130. The molecule has 0 unspecified atom stereocenters. The predicted octanol–water partition coefficient (Wildman–Crippen LogP) is 4.96. The van der Waals surface area contributed by atoms with E-state index in [9.17, 15) is 9.59 Å². The molecule has 2 aliphatic heterocycles. The number of hydrogen-bond acceptors (Lipinski definition) is 3. The summed E-state index contributed by atoms with van der Waals surface area (Å²) in [6.07, 6.45) is 9.84. The quantitative estimate of drug-likeness (QED) is 0.681. The molecule has 2 fully saturated rings. The Balaban J connectivity index is 1.31. The third kappa shape index (κ3) is 5.78. The summed E-state index contributed by atoms with van der Waals surface area (Å²) in [7, 11) is 0. The Kier molecular flexibility index (Phi) is 7.59. The third-order valence-corrected chi connectivity index (χ3v) is 6.50. The maximum atomic E-state index is 13.0. The largest absolute Gasteiger partial charge is 0.370 e. The highest BCUT2D eigenvalue weighted by Crippen LogP contribution is 2.29. The first kappa shape index (κ1) is 22.1. The van der Waals surface area contributed by atoms with Crippen LogP contribution in [0, 0.1) is 5.92 Å². The van der Waals surface area contributed by atoms with Crippen molar-refractivity contribution in [2.24, 2.45) is 5.92 Å². The van der Waals surface area contributed by atoms with Crippen LogP contribution in [0.15, 0.2) is 60.7 Å². The number of likely N-dealkylation sites (tertiary alicyclic amines) is 1. The van der Waals surface area contributed by atoms with E-state index < -0.39 is 0 Å². The van der Waals surface area contributed by atoms with Gasteiger partial charge in [0.05, 0.1) is 11.4 Å². The van der Waals surface area contributed by atoms with Crippen molar-refractivity contribution in [2.75, 3.05) is 36.4 Å². The Labute approximate surface area is 191 Å². The Hall–Kier alpha value is -3.08. The molecule has 1 N–H and O–H groups in total. The number of nitrogens with one attached hydrogen (secondary N) is 1. The molecule has 5 heteroatoms. The van der Waals surface area contributed by atoms with Crippen LogP contribution in [0.25, 0.3) is 6.08 Å². The first-order valence-corrected chi connectivity index (χ1v) is 11.9. The van der Waals surface area contributed by atoms with Crippen molar-refractivity contribution in [2.45, 2.75) is 38.5 Å². The zero-order chi connectivity index (χ0) is 22.2. The van der Waals surface area contributed by atoms with Gasteiger partial charge in [0.15, 0.2) is 0 Å². The number of rotatable bonds is 5. The number of hydrogen-bond donors (Lipinski definition) is 1. The third-order valence-electron chi connectivity index (χ3n) is 6.50. The van der Waals surface area contributed by atoms with E-state index in [2.05, 4.69) is 16.3 Å². The fraction of sp³-hybridized carbons (Fsp3) is 0.407. The second-order valence-electron chi connectivity index (χ2n) is 8.75. The van der Waals surface area contributed by atoms with Crippen LogP contribution in [0.4, 0.5) is 11.4 Å². The van der Waals surface area contributed by atoms with Gasteiger partial charge in [0, 0.05) is 38.2 Å². The topological polar surface area (TPSA) is 52.7 Å². The van der Waals surface area contributed by atoms with Crippen molar-refractivity contribution in [3.63, 3.8) is 0 Å². The number of piperidine rings is 1. The molecular weight excluding hydrogens is 398 g/mol. The maximum Gasteiger partial charge on any atom is 0.246 e. The van der Waals surface area contributed by atoms with Gasteiger partial charge in [-0.15, -0.1) is 0 Å². The van der Waals surface area contributed by atoms with Crippen LogP contribution in [0.1, 0.15) is 44.1 Å². The molecule has 5 nitrogen and oxygen atoms in total. The van der Waals surface area contributed by atoms with Gasteiger partial charge in [0.1, 0.15) is 0 Å². The second-order valence-corrected chi connectivity index (χ2v) is 8.75. The molecule has 0 bridgehead atoms. The van der Waals surface area contributed by atoms with Crippen molar-refractivity contribution in [3.05, 3.63) is 66.2 Å². The average molecular weight is 432 g/mol. The van der Waals surface area contributed by atoms with Crippen LogP contribution in [-0.2, 0) is 9.59 Å². The monoisotopic (exact) mass is 431 g/mol. The van der Waals surface area contributed by atoms with Gasteiger partial charge < -0.3 is 15.1 Å². The smallest absolute Gasteiger partial charge is 0.246 e. The average Bonchev–Trinajstić information content (AvgIpc) is 3.13. The number of nitrogens with zero attached hydrogens (tertiary/aromatic N) is 2. The van der Waals surface area contributed by atoms with E-state index in [1.807, 2.05) is 59.5 Å². The van der Waals surface area contributed by atoms with Crippen molar-refractivity contribution < 1.29 is 9.59 Å². The molecule has 0 atom stereocenters. The molecule has 2 aromatic rings. The summed E-state index contributed by atoms with van der Waals surface area (Å²) in [6.45, 7) is 3.32. The van der Waals surface area contributed by atoms with Gasteiger partial charge in [-0.1, -0.05) is 55.3 Å². The molecule has 2 aliphatic rings. The fourth-order valence-electron chi connectivity index (χ4n) is 4.60. The summed E-state index contributed by atoms with van der Waals surface area (Å²) < 4.78 is 0. The van der Waals surface area contributed by atoms with E-state index in [4.69, 9.17) is 0 Å². The number of anilines is 2. The summed E-state index contributed by atoms with van der Waals surface area (Å²) in [5.41, 5.74) is 3.04. The van der Waals surface area contributed by atoms with E-state index in [0.29, 0.717) is 25.9 Å². The van der Waals surface area contributed by atoms with Crippen molar-refractivity contribution >= 4 is 29.3 Å². The minimum atomic E-state index is -0.0608. The Morgan fingerprint density at radius 2 is 1.47 bits per heavy atom. The SMILES string of the molecule is O=C(Nc1ccccc1N1CCCCCC1)C1CCN(C(=O)C=Cc2ccccc2)CC1. The van der Waals surface area contributed by atoms with E-state index in [0.717, 1.165) is 30.0 Å². The minimum absolute atomic E-state index is 0.0132. The lowest BCUT2D eigenvalue weighted by Crippen LogP contribution is -2.40. The Morgan fingerprint density at radius 3 is 2.19 bits per heavy atom. The second kappa shape index (κ2) is 11.0. The van der Waals surface area contributed by atoms with E-state index in [1.165, 1.54) is 25.7 Å². The maximum absolute atomic E-state index is 13.0. The van der Waals surface area contributed by atoms with E-state index in [-0.39, 0.29) is 17.7 Å². The standard InChI is InChI=1S/C27H33N3O2/c31-26(15-14-22-10-4-3-5-11-22)30-20-16-23(17-21-30)27(32)28-24-12-6-7-13-25(24)29-18-8-1-2-9-19-29/h3-7,10-15,23H,1-2,8-9,16-21H2,(H,28,32). The number of benzene rings is 2. The van der Waals surface area contributed by atoms with Gasteiger partial charge >= 0.3 is 0 Å². The van der Waals surface area contributed by atoms with Gasteiger partial charge in [0.25, 0.3) is 0 Å². The molecular formula is C27H33N3O2. The lowest BCUT2D eigenvalue weighted by Gasteiger charge is -2.31. The van der Waals surface area contributed by atoms with Gasteiger partial charge in [-0.2, -0.15) is 0 Å².